The van der Waals surface area contributed by atoms with Crippen LogP contribution in [0.1, 0.15) is 41.6 Å². The fourth-order valence-corrected chi connectivity index (χ4v) is 2.62. The molecule has 0 bridgehead atoms. The lowest BCUT2D eigenvalue weighted by Crippen LogP contribution is -2.11. The lowest BCUT2D eigenvalue weighted by Gasteiger charge is -2.06. The van der Waals surface area contributed by atoms with Crippen LogP contribution in [-0.2, 0) is 0 Å². The Morgan fingerprint density at radius 2 is 2.12 bits per heavy atom. The number of carbonyl (C=O) groups is 1. The van der Waals surface area contributed by atoms with Gasteiger partial charge in [-0.25, -0.2) is 14.5 Å². The number of hydrogen-bond acceptors (Lipinski definition) is 4. The van der Waals surface area contributed by atoms with Gasteiger partial charge in [-0.3, -0.25) is 4.79 Å². The first-order valence-electron chi connectivity index (χ1n) is 7.55. The van der Waals surface area contributed by atoms with Gasteiger partial charge in [0.2, 0.25) is 0 Å². The van der Waals surface area contributed by atoms with E-state index in [1.54, 1.807) is 22.9 Å². The smallest absolute Gasteiger partial charge is 0.335 e. The molecule has 25 heavy (non-hydrogen) atoms. The number of aromatic amines is 1. The van der Waals surface area contributed by atoms with Gasteiger partial charge in [0.05, 0.1) is 11.8 Å². The van der Waals surface area contributed by atoms with Gasteiger partial charge >= 0.3 is 5.97 Å². The summed E-state index contributed by atoms with van der Waals surface area (Å²) < 4.78 is 1.68. The molecule has 0 fully saturated rings. The van der Waals surface area contributed by atoms with Gasteiger partial charge in [-0.05, 0) is 43.7 Å². The van der Waals surface area contributed by atoms with E-state index in [1.165, 1.54) is 18.3 Å². The quantitative estimate of drug-likeness (QED) is 0.745. The summed E-state index contributed by atoms with van der Waals surface area (Å²) >= 11 is 6.09. The van der Waals surface area contributed by atoms with Crippen LogP contribution >= 0.6 is 11.6 Å². The van der Waals surface area contributed by atoms with Gasteiger partial charge in [-0.2, -0.15) is 5.10 Å². The Morgan fingerprint density at radius 3 is 2.76 bits per heavy atom. The summed E-state index contributed by atoms with van der Waals surface area (Å²) in [6, 6.07) is 4.50. The van der Waals surface area contributed by atoms with Crippen LogP contribution in [0.3, 0.4) is 0 Å². The maximum absolute atomic E-state index is 12.2. The Morgan fingerprint density at radius 1 is 1.36 bits per heavy atom. The number of nitrogens with zero attached hydrogens (tertiary/aromatic N) is 3. The lowest BCUT2D eigenvalue weighted by atomic mass is 10.1. The number of carboxylic acid groups (broad SMARTS) is 1. The van der Waals surface area contributed by atoms with Crippen molar-refractivity contribution in [2.24, 2.45) is 0 Å². The van der Waals surface area contributed by atoms with Crippen LogP contribution in [0, 0.1) is 0 Å². The molecule has 0 aliphatic rings. The zero-order chi connectivity index (χ0) is 18.1. The van der Waals surface area contributed by atoms with Crippen molar-refractivity contribution < 1.29 is 9.90 Å². The largest absolute Gasteiger partial charge is 0.478 e. The highest BCUT2D eigenvalue weighted by Crippen LogP contribution is 2.20. The average molecular weight is 359 g/mol. The molecule has 128 valence electrons. The third-order valence-corrected chi connectivity index (χ3v) is 3.97. The summed E-state index contributed by atoms with van der Waals surface area (Å²) in [6.45, 7) is 3.91. The van der Waals surface area contributed by atoms with E-state index < -0.39 is 5.97 Å². The molecule has 8 heteroatoms. The van der Waals surface area contributed by atoms with E-state index in [1.807, 2.05) is 13.8 Å². The third-order valence-electron chi connectivity index (χ3n) is 3.64. The van der Waals surface area contributed by atoms with Crippen molar-refractivity contribution >= 4 is 40.8 Å². The Bertz CT molecular complexity index is 1050. The molecule has 0 radical (unpaired) electrons. The first-order valence-corrected chi connectivity index (χ1v) is 7.93. The second-order valence-corrected chi connectivity index (χ2v) is 6.15. The van der Waals surface area contributed by atoms with Crippen molar-refractivity contribution in [1.29, 1.82) is 0 Å². The molecule has 0 amide bonds. The number of aromatic nitrogens is 4. The van der Waals surface area contributed by atoms with Crippen LogP contribution in [-0.4, -0.2) is 30.8 Å². The second kappa shape index (κ2) is 6.52. The van der Waals surface area contributed by atoms with Gasteiger partial charge in [0.25, 0.3) is 5.56 Å². The van der Waals surface area contributed by atoms with E-state index in [0.29, 0.717) is 27.4 Å². The lowest BCUT2D eigenvalue weighted by molar-refractivity contribution is 0.0697. The van der Waals surface area contributed by atoms with Crippen LogP contribution < -0.4 is 5.56 Å². The molecule has 0 unspecified atom stereocenters. The highest BCUT2D eigenvalue weighted by molar-refractivity contribution is 6.32. The maximum atomic E-state index is 12.2. The van der Waals surface area contributed by atoms with Crippen molar-refractivity contribution in [2.45, 2.75) is 19.9 Å². The zero-order valence-corrected chi connectivity index (χ0v) is 14.3. The van der Waals surface area contributed by atoms with E-state index in [-0.39, 0.29) is 17.2 Å². The van der Waals surface area contributed by atoms with Gasteiger partial charge in [0.15, 0.2) is 5.65 Å². The van der Waals surface area contributed by atoms with E-state index in [4.69, 9.17) is 16.7 Å². The molecule has 0 saturated heterocycles. The molecule has 0 atom stereocenters. The Balaban J connectivity index is 2.00. The number of fused-ring (bicyclic) bond motifs is 1. The molecule has 2 heterocycles. The molecule has 0 aliphatic carbocycles. The predicted octanol–water partition coefficient (Wildman–Crippen LogP) is 3.22. The number of hydrogen-bond donors (Lipinski definition) is 2. The summed E-state index contributed by atoms with van der Waals surface area (Å²) in [5, 5.41) is 13.9. The summed E-state index contributed by atoms with van der Waals surface area (Å²) in [6.07, 6.45) is 4.77. The topological polar surface area (TPSA) is 101 Å². The number of halogens is 1. The molecule has 2 N–H and O–H groups in total. The monoisotopic (exact) mass is 358 g/mol. The van der Waals surface area contributed by atoms with Gasteiger partial charge in [0.1, 0.15) is 11.2 Å². The Kier molecular flexibility index (Phi) is 4.41. The number of rotatable bonds is 4. The fraction of sp³-hybridized carbons (Fsp3) is 0.176. The molecule has 3 rings (SSSR count). The van der Waals surface area contributed by atoms with Crippen LogP contribution in [0.25, 0.3) is 23.2 Å². The number of nitrogens with one attached hydrogen (secondary N) is 1. The van der Waals surface area contributed by atoms with Gasteiger partial charge in [-0.1, -0.05) is 17.7 Å². The molecular weight excluding hydrogens is 344 g/mol. The van der Waals surface area contributed by atoms with Crippen molar-refractivity contribution in [2.75, 3.05) is 0 Å². The van der Waals surface area contributed by atoms with Crippen LogP contribution in [0.5, 0.6) is 0 Å². The van der Waals surface area contributed by atoms with Crippen molar-refractivity contribution in [1.82, 2.24) is 19.7 Å². The van der Waals surface area contributed by atoms with Crippen molar-refractivity contribution in [3.63, 3.8) is 0 Å². The molecular formula is C17H15ClN4O3. The summed E-state index contributed by atoms with van der Waals surface area (Å²) in [7, 11) is 0. The summed E-state index contributed by atoms with van der Waals surface area (Å²) in [4.78, 5) is 30.2. The van der Waals surface area contributed by atoms with Gasteiger partial charge in [-0.15, -0.1) is 0 Å². The third kappa shape index (κ3) is 3.32. The van der Waals surface area contributed by atoms with Gasteiger partial charge < -0.3 is 10.1 Å². The summed E-state index contributed by atoms with van der Waals surface area (Å²) in [5.74, 6) is -0.686. The minimum Gasteiger partial charge on any atom is -0.478 e. The normalized spacial score (nSPS) is 11.7. The highest BCUT2D eigenvalue weighted by atomic mass is 35.5. The molecule has 3 aromatic rings. The predicted molar refractivity (Wildman–Crippen MR) is 95.9 cm³/mol. The zero-order valence-electron chi connectivity index (χ0n) is 13.5. The highest BCUT2D eigenvalue weighted by Gasteiger charge is 2.11. The molecule has 0 saturated carbocycles. The first-order chi connectivity index (χ1) is 11.9. The summed E-state index contributed by atoms with van der Waals surface area (Å²) in [5.41, 5.74) is 0.956. The molecule has 2 aromatic heterocycles. The molecule has 0 spiro atoms. The number of benzene rings is 1. The van der Waals surface area contributed by atoms with Crippen LogP contribution in [0.4, 0.5) is 0 Å². The number of H-pyrrole nitrogens is 1. The number of carboxylic acids is 1. The molecule has 0 aliphatic heterocycles. The molecule has 1 aromatic carbocycles. The minimum absolute atomic E-state index is 0.0710. The average Bonchev–Trinajstić information content (AvgIpc) is 2.98. The first kappa shape index (κ1) is 16.9. The van der Waals surface area contributed by atoms with E-state index in [0.717, 1.165) is 0 Å². The maximum Gasteiger partial charge on any atom is 0.335 e. The SMILES string of the molecule is CC(C)n1ncc2c(=O)[nH]c(/C=C/c3ccc(C(=O)O)cc3Cl)nc21. The van der Waals surface area contributed by atoms with Crippen molar-refractivity contribution in [3.05, 3.63) is 56.7 Å². The molecule has 7 nitrogen and oxygen atoms in total. The van der Waals surface area contributed by atoms with Crippen LogP contribution in [0.2, 0.25) is 5.02 Å². The van der Waals surface area contributed by atoms with E-state index in [2.05, 4.69) is 15.1 Å². The Labute approximate surface area is 147 Å². The van der Waals surface area contributed by atoms with E-state index in [9.17, 15) is 9.59 Å². The van der Waals surface area contributed by atoms with E-state index >= 15 is 0 Å². The second-order valence-electron chi connectivity index (χ2n) is 5.75. The fourth-order valence-electron chi connectivity index (χ4n) is 2.37. The number of aromatic carboxylic acids is 1. The van der Waals surface area contributed by atoms with Crippen molar-refractivity contribution in [3.8, 4) is 0 Å². The Hall–Kier alpha value is -2.93. The standard InChI is InChI=1S/C17H15ClN4O3/c1-9(2)22-15-12(8-19-22)16(23)21-14(20-15)6-5-10-3-4-11(17(24)25)7-13(10)18/h3-9H,1-2H3,(H,24,25)(H,20,21,23)/b6-5+. The minimum atomic E-state index is -1.05. The van der Waals surface area contributed by atoms with Crippen LogP contribution in [0.15, 0.2) is 29.2 Å². The van der Waals surface area contributed by atoms with Gasteiger partial charge in [0, 0.05) is 11.1 Å².